The maximum absolute atomic E-state index is 13.4. The van der Waals surface area contributed by atoms with Crippen LogP contribution in [0.1, 0.15) is 87.0 Å². The molecular weight excluding hydrogens is 520 g/mol. The van der Waals surface area contributed by atoms with E-state index >= 15 is 0 Å². The topological polar surface area (TPSA) is 80.3 Å². The van der Waals surface area contributed by atoms with E-state index in [4.69, 9.17) is 23.7 Å². The predicted molar refractivity (Wildman–Crippen MR) is 160 cm³/mol. The highest BCUT2D eigenvalue weighted by molar-refractivity contribution is 5.89. The average molecular weight is 577 g/mol. The Morgan fingerprint density at radius 3 is 2.34 bits per heavy atom. The molecular formula is C34H56O7. The minimum Gasteiger partial charge on any atom is -0.469 e. The molecule has 7 nitrogen and oxygen atoms in total. The number of methoxy groups -OCH3 is 2. The maximum Gasteiger partial charge on any atom is 0.336 e. The Bertz CT molecular complexity index is 913. The second-order valence-electron chi connectivity index (χ2n) is 13.0. The van der Waals surface area contributed by atoms with Crippen molar-refractivity contribution in [1.29, 1.82) is 0 Å². The first-order chi connectivity index (χ1) is 19.5. The lowest BCUT2D eigenvalue weighted by molar-refractivity contribution is -0.148. The highest BCUT2D eigenvalue weighted by Gasteiger charge is 2.41. The largest absolute Gasteiger partial charge is 0.469 e. The molecule has 0 radical (unpaired) electrons. The van der Waals surface area contributed by atoms with Crippen LogP contribution >= 0.6 is 0 Å². The molecule has 3 fully saturated rings. The van der Waals surface area contributed by atoms with Crippen LogP contribution < -0.4 is 0 Å². The lowest BCUT2D eigenvalue weighted by atomic mass is 9.66. The zero-order valence-corrected chi connectivity index (χ0v) is 27.0. The highest BCUT2D eigenvalue weighted by atomic mass is 16.5. The van der Waals surface area contributed by atoms with Gasteiger partial charge in [0.25, 0.3) is 0 Å². The minimum absolute atomic E-state index is 0.0815. The van der Waals surface area contributed by atoms with Crippen LogP contribution in [-0.4, -0.2) is 63.3 Å². The van der Waals surface area contributed by atoms with Crippen molar-refractivity contribution < 1.29 is 33.3 Å². The summed E-state index contributed by atoms with van der Waals surface area (Å²) in [6.45, 7) is 15.0. The van der Waals surface area contributed by atoms with Gasteiger partial charge in [-0.1, -0.05) is 65.7 Å². The smallest absolute Gasteiger partial charge is 0.336 e. The van der Waals surface area contributed by atoms with E-state index in [2.05, 4.69) is 52.8 Å². The molecule has 2 heterocycles. The quantitative estimate of drug-likeness (QED) is 0.157. The van der Waals surface area contributed by atoms with Gasteiger partial charge in [0.05, 0.1) is 55.7 Å². The van der Waals surface area contributed by atoms with Crippen molar-refractivity contribution in [3.05, 3.63) is 23.8 Å². The lowest BCUT2D eigenvalue weighted by Gasteiger charge is -2.39. The van der Waals surface area contributed by atoms with E-state index in [-0.39, 0.29) is 72.0 Å². The van der Waals surface area contributed by atoms with Gasteiger partial charge in [0.15, 0.2) is 0 Å². The van der Waals surface area contributed by atoms with E-state index in [1.54, 1.807) is 7.11 Å². The summed E-state index contributed by atoms with van der Waals surface area (Å²) in [7, 11) is 3.19. The third-order valence-electron chi connectivity index (χ3n) is 9.99. The second-order valence-corrected chi connectivity index (χ2v) is 13.0. The predicted octanol–water partition coefficient (Wildman–Crippen LogP) is 6.54. The van der Waals surface area contributed by atoms with Gasteiger partial charge in [0, 0.05) is 13.0 Å². The molecule has 0 unspecified atom stereocenters. The molecule has 0 amide bonds. The van der Waals surface area contributed by atoms with E-state index in [9.17, 15) is 9.59 Å². The zero-order chi connectivity index (χ0) is 30.3. The molecule has 1 aliphatic carbocycles. The van der Waals surface area contributed by atoms with Gasteiger partial charge < -0.3 is 23.7 Å². The van der Waals surface area contributed by atoms with Crippen LogP contribution in [0.4, 0.5) is 0 Å². The lowest BCUT2D eigenvalue weighted by Crippen LogP contribution is -2.39. The monoisotopic (exact) mass is 576 g/mol. The molecule has 0 aromatic heterocycles. The van der Waals surface area contributed by atoms with Crippen molar-refractivity contribution in [3.63, 3.8) is 0 Å². The van der Waals surface area contributed by atoms with Gasteiger partial charge in [0.2, 0.25) is 0 Å². The van der Waals surface area contributed by atoms with Gasteiger partial charge in [-0.15, -0.1) is 0 Å². The van der Waals surface area contributed by atoms with E-state index in [1.165, 1.54) is 7.11 Å². The van der Waals surface area contributed by atoms with Gasteiger partial charge >= 0.3 is 11.9 Å². The molecule has 0 N–H and O–H groups in total. The Balaban J connectivity index is 1.80. The number of allylic oxidation sites excluding steroid dienone is 1. The van der Waals surface area contributed by atoms with Crippen LogP contribution in [0.3, 0.4) is 0 Å². The molecule has 7 heteroatoms. The highest BCUT2D eigenvalue weighted by Crippen LogP contribution is 2.42. The van der Waals surface area contributed by atoms with Crippen LogP contribution in [-0.2, 0) is 33.3 Å². The van der Waals surface area contributed by atoms with Crippen LogP contribution in [0.2, 0.25) is 0 Å². The maximum atomic E-state index is 13.4. The molecule has 41 heavy (non-hydrogen) atoms. The zero-order valence-electron chi connectivity index (χ0n) is 27.0. The standard InChI is InChI=1S/C34H56O7/c1-10-39-34(36)28(19-26-13-11-12-20(2)30(26)24(6)33(35)38-9)32-22(4)15-17-27(40-32)16-14-21(3)31-23(5)18-29(41-31)25(7)37-8/h14,16,19-27,29-32H,10-13,15,17-18H2,1-9H3/b16-14+,28-19-/t20-,21+,22-,23+,24-,25+,26-,27-,29-,30-,31+,32-/m1/s1. The number of hydrogen-bond donors (Lipinski definition) is 0. The van der Waals surface area contributed by atoms with Crippen molar-refractivity contribution in [3.8, 4) is 0 Å². The van der Waals surface area contributed by atoms with Crippen LogP contribution in [0, 0.1) is 41.4 Å². The number of esters is 2. The van der Waals surface area contributed by atoms with Crippen LogP contribution in [0.25, 0.3) is 0 Å². The number of carbonyl (C=O) groups excluding carboxylic acids is 2. The normalized spacial score (nSPS) is 37.0. The second kappa shape index (κ2) is 15.7. The summed E-state index contributed by atoms with van der Waals surface area (Å²) in [5.41, 5.74) is 0.607. The van der Waals surface area contributed by atoms with Gasteiger partial charge in [0.1, 0.15) is 0 Å². The van der Waals surface area contributed by atoms with Crippen LogP contribution in [0.15, 0.2) is 23.8 Å². The summed E-state index contributed by atoms with van der Waals surface area (Å²) in [5.74, 6) is 0.682. The molecule has 0 aromatic rings. The van der Waals surface area contributed by atoms with Gasteiger partial charge in [-0.25, -0.2) is 4.79 Å². The van der Waals surface area contributed by atoms with E-state index < -0.39 is 0 Å². The Labute approximate surface area is 248 Å². The van der Waals surface area contributed by atoms with Gasteiger partial charge in [-0.05, 0) is 69.1 Å². The fourth-order valence-corrected chi connectivity index (χ4v) is 7.49. The fourth-order valence-electron chi connectivity index (χ4n) is 7.49. The Morgan fingerprint density at radius 1 is 0.951 bits per heavy atom. The summed E-state index contributed by atoms with van der Waals surface area (Å²) in [4.78, 5) is 25.9. The molecule has 2 saturated heterocycles. The van der Waals surface area contributed by atoms with E-state index in [1.807, 2.05) is 13.8 Å². The van der Waals surface area contributed by atoms with E-state index in [0.717, 1.165) is 38.5 Å². The summed E-state index contributed by atoms with van der Waals surface area (Å²) >= 11 is 0. The van der Waals surface area contributed by atoms with Crippen molar-refractivity contribution >= 4 is 11.9 Å². The first kappa shape index (κ1) is 33.8. The molecule has 0 aromatic carbocycles. The minimum atomic E-state index is -0.354. The molecule has 1 saturated carbocycles. The summed E-state index contributed by atoms with van der Waals surface area (Å²) in [6.07, 6.45) is 12.3. The first-order valence-electron chi connectivity index (χ1n) is 16.0. The van der Waals surface area contributed by atoms with Crippen molar-refractivity contribution in [2.45, 2.75) is 118 Å². The fraction of sp³-hybridized carbons (Fsp3) is 0.824. The number of hydrogen-bond acceptors (Lipinski definition) is 7. The number of ether oxygens (including phenoxy) is 5. The molecule has 12 atom stereocenters. The molecule has 2 aliphatic heterocycles. The van der Waals surface area contributed by atoms with Crippen LogP contribution in [0.5, 0.6) is 0 Å². The molecule has 234 valence electrons. The third kappa shape index (κ3) is 8.45. The SMILES string of the molecule is CCOC(=O)/C(=C\[C@H]1CCC[C@@H](C)[C@@H]1[C@@H](C)C(=O)OC)[C@@H]1O[C@H](/C=C/[C@H](C)[C@@H]2O[C@@H]([C@H](C)OC)C[C@@H]2C)CC[C@H]1C. The summed E-state index contributed by atoms with van der Waals surface area (Å²) < 4.78 is 29.3. The number of rotatable bonds is 11. The van der Waals surface area contributed by atoms with Crippen molar-refractivity contribution in [1.82, 2.24) is 0 Å². The summed E-state index contributed by atoms with van der Waals surface area (Å²) in [6, 6.07) is 0. The average Bonchev–Trinajstić information content (AvgIpc) is 3.35. The summed E-state index contributed by atoms with van der Waals surface area (Å²) in [5, 5.41) is 0. The van der Waals surface area contributed by atoms with E-state index in [0.29, 0.717) is 24.0 Å². The Morgan fingerprint density at radius 2 is 1.68 bits per heavy atom. The van der Waals surface area contributed by atoms with Gasteiger partial charge in [-0.3, -0.25) is 4.79 Å². The van der Waals surface area contributed by atoms with Gasteiger partial charge in [-0.2, -0.15) is 0 Å². The first-order valence-corrected chi connectivity index (χ1v) is 16.0. The molecule has 0 bridgehead atoms. The molecule has 3 rings (SSSR count). The Kier molecular flexibility index (Phi) is 12.9. The third-order valence-corrected chi connectivity index (χ3v) is 9.99. The van der Waals surface area contributed by atoms with Crippen molar-refractivity contribution in [2.75, 3.05) is 20.8 Å². The molecule has 0 spiro atoms. The number of carbonyl (C=O) groups is 2. The Hall–Kier alpha value is -1.70. The molecule has 3 aliphatic rings. The van der Waals surface area contributed by atoms with Crippen molar-refractivity contribution in [2.24, 2.45) is 41.4 Å².